The summed E-state index contributed by atoms with van der Waals surface area (Å²) in [5, 5.41) is 1.61. The quantitative estimate of drug-likeness (QED) is 0.201. The largest absolute Gasteiger partial charge is 0.438 e. The molecule has 0 aliphatic heterocycles. The van der Waals surface area contributed by atoms with Crippen molar-refractivity contribution in [2.24, 2.45) is 0 Å². The van der Waals surface area contributed by atoms with Gasteiger partial charge in [0.1, 0.15) is 11.4 Å². The Hall–Kier alpha value is -4.77. The van der Waals surface area contributed by atoms with Gasteiger partial charge in [0.2, 0.25) is 5.71 Å². The van der Waals surface area contributed by atoms with Gasteiger partial charge in [0.15, 0.2) is 0 Å². The average Bonchev–Trinajstić information content (AvgIpc) is 3.59. The summed E-state index contributed by atoms with van der Waals surface area (Å²) in [6.45, 7) is 9.36. The van der Waals surface area contributed by atoms with Gasteiger partial charge in [-0.2, -0.15) is 0 Å². The standard InChI is InChI=1S/C38H36N4O/c1-22(2)30-19-27(26-11-8-7-9-12-26)20-31(23(3)4)32(30)21-42-36-25(6)39-18-17-33(36)41-37(42)28-13-10-14-34-35(28)29-16-15-24(5)40-38(29)43-34/h7-20,22-23H,21H2,1-6H3/i5D3. The fourth-order valence-corrected chi connectivity index (χ4v) is 6.39. The van der Waals surface area contributed by atoms with E-state index in [0.717, 1.165) is 38.9 Å². The topological polar surface area (TPSA) is 56.7 Å². The zero-order valence-corrected chi connectivity index (χ0v) is 25.1. The summed E-state index contributed by atoms with van der Waals surface area (Å²) >= 11 is 0. The van der Waals surface area contributed by atoms with Crippen molar-refractivity contribution in [1.82, 2.24) is 19.5 Å². The Labute approximate surface area is 256 Å². The van der Waals surface area contributed by atoms with Crippen LogP contribution in [0, 0.1) is 13.8 Å². The number of aryl methyl sites for hydroxylation is 2. The van der Waals surface area contributed by atoms with Gasteiger partial charge in [-0.05, 0) is 77.7 Å². The Bertz CT molecular complexity index is 2220. The first-order valence-electron chi connectivity index (χ1n) is 16.4. The molecule has 0 unspecified atom stereocenters. The van der Waals surface area contributed by atoms with Crippen LogP contribution in [-0.4, -0.2) is 19.5 Å². The van der Waals surface area contributed by atoms with E-state index in [4.69, 9.17) is 13.5 Å². The SMILES string of the molecule is [2H]C([2H])([2H])c1ccc2c(n1)oc1cccc(-c3nc4ccnc(C)c4n3Cc3c(C(C)C)cc(-c4ccccc4)cc3C(C)C)c12. The fourth-order valence-electron chi connectivity index (χ4n) is 6.39. The average molecular weight is 568 g/mol. The minimum absolute atomic E-state index is 0.0101. The van der Waals surface area contributed by atoms with Crippen LogP contribution < -0.4 is 0 Å². The van der Waals surface area contributed by atoms with Crippen LogP contribution in [0.25, 0.3) is 55.6 Å². The van der Waals surface area contributed by atoms with Crippen LogP contribution in [-0.2, 0) is 6.54 Å². The van der Waals surface area contributed by atoms with E-state index in [-0.39, 0.29) is 5.69 Å². The third kappa shape index (κ3) is 4.60. The highest BCUT2D eigenvalue weighted by molar-refractivity contribution is 6.11. The molecular weight excluding hydrogens is 528 g/mol. The van der Waals surface area contributed by atoms with Crippen molar-refractivity contribution in [2.45, 2.75) is 59.9 Å². The van der Waals surface area contributed by atoms with E-state index in [0.29, 0.717) is 29.7 Å². The Morgan fingerprint density at radius 2 is 1.60 bits per heavy atom. The molecule has 0 N–H and O–H groups in total. The second kappa shape index (κ2) is 10.5. The van der Waals surface area contributed by atoms with Gasteiger partial charge >= 0.3 is 0 Å². The molecule has 7 rings (SSSR count). The Balaban J connectivity index is 1.49. The van der Waals surface area contributed by atoms with Gasteiger partial charge in [-0.3, -0.25) is 4.98 Å². The maximum atomic E-state index is 7.84. The number of fused-ring (bicyclic) bond motifs is 4. The van der Waals surface area contributed by atoms with Gasteiger partial charge in [-0.1, -0.05) is 82.3 Å². The molecule has 5 nitrogen and oxygen atoms in total. The number of furan rings is 1. The molecule has 7 aromatic rings. The lowest BCUT2D eigenvalue weighted by molar-refractivity contribution is 0.652. The molecule has 43 heavy (non-hydrogen) atoms. The first-order chi connectivity index (χ1) is 22.0. The second-order valence-electron chi connectivity index (χ2n) is 11.9. The predicted molar refractivity (Wildman–Crippen MR) is 177 cm³/mol. The molecule has 5 heteroatoms. The van der Waals surface area contributed by atoms with Crippen LogP contribution in [0.1, 0.15) is 71.7 Å². The first kappa shape index (κ1) is 23.8. The monoisotopic (exact) mass is 567 g/mol. The lowest BCUT2D eigenvalue weighted by Crippen LogP contribution is -2.11. The van der Waals surface area contributed by atoms with Crippen molar-refractivity contribution in [2.75, 3.05) is 0 Å². The molecule has 0 aliphatic carbocycles. The van der Waals surface area contributed by atoms with Gasteiger partial charge < -0.3 is 8.98 Å². The molecule has 0 spiro atoms. The third-order valence-electron chi connectivity index (χ3n) is 8.43. The molecule has 0 saturated carbocycles. The number of rotatable bonds is 6. The van der Waals surface area contributed by atoms with E-state index in [1.807, 2.05) is 25.1 Å². The highest BCUT2D eigenvalue weighted by Crippen LogP contribution is 2.39. The lowest BCUT2D eigenvalue weighted by atomic mass is 9.85. The van der Waals surface area contributed by atoms with Crippen LogP contribution in [0.5, 0.6) is 0 Å². The van der Waals surface area contributed by atoms with Gasteiger partial charge in [0, 0.05) is 32.3 Å². The van der Waals surface area contributed by atoms with Crippen LogP contribution in [0.4, 0.5) is 0 Å². The van der Waals surface area contributed by atoms with Crippen LogP contribution in [0.2, 0.25) is 0 Å². The highest BCUT2D eigenvalue weighted by atomic mass is 16.3. The van der Waals surface area contributed by atoms with Crippen molar-refractivity contribution in [3.8, 4) is 22.5 Å². The molecule has 4 heterocycles. The minimum Gasteiger partial charge on any atom is -0.438 e. The molecule has 0 fully saturated rings. The van der Waals surface area contributed by atoms with Gasteiger partial charge in [0.05, 0.1) is 23.3 Å². The Kier molecular flexibility index (Phi) is 5.80. The normalized spacial score (nSPS) is 13.3. The van der Waals surface area contributed by atoms with Crippen molar-refractivity contribution < 1.29 is 8.53 Å². The van der Waals surface area contributed by atoms with Crippen molar-refractivity contribution >= 4 is 33.1 Å². The van der Waals surface area contributed by atoms with Crippen molar-refractivity contribution in [3.05, 3.63) is 113 Å². The number of aromatic nitrogens is 4. The number of hydrogen-bond donors (Lipinski definition) is 0. The van der Waals surface area contributed by atoms with E-state index in [1.165, 1.54) is 27.8 Å². The van der Waals surface area contributed by atoms with Crippen LogP contribution >= 0.6 is 0 Å². The number of hydrogen-bond acceptors (Lipinski definition) is 4. The number of imidazole rings is 1. The van der Waals surface area contributed by atoms with Gasteiger partial charge in [-0.25, -0.2) is 9.97 Å². The number of benzene rings is 3. The summed E-state index contributed by atoms with van der Waals surface area (Å²) in [6, 6.07) is 26.5. The molecule has 0 saturated heterocycles. The van der Waals surface area contributed by atoms with Crippen molar-refractivity contribution in [3.63, 3.8) is 0 Å². The Morgan fingerprint density at radius 1 is 0.837 bits per heavy atom. The predicted octanol–water partition coefficient (Wildman–Crippen LogP) is 9.97. The summed E-state index contributed by atoms with van der Waals surface area (Å²) in [5.41, 5.74) is 11.0. The first-order valence-corrected chi connectivity index (χ1v) is 14.9. The number of pyridine rings is 2. The highest BCUT2D eigenvalue weighted by Gasteiger charge is 2.23. The zero-order valence-electron chi connectivity index (χ0n) is 28.1. The van der Waals surface area contributed by atoms with E-state index in [1.54, 1.807) is 18.3 Å². The minimum atomic E-state index is -2.33. The molecule has 3 aromatic carbocycles. The molecule has 0 atom stereocenters. The Morgan fingerprint density at radius 3 is 2.33 bits per heavy atom. The smallest absolute Gasteiger partial charge is 0.227 e. The second-order valence-corrected chi connectivity index (χ2v) is 11.9. The van der Waals surface area contributed by atoms with Crippen LogP contribution in [0.15, 0.2) is 89.5 Å². The molecule has 4 aromatic heterocycles. The third-order valence-corrected chi connectivity index (χ3v) is 8.43. The maximum Gasteiger partial charge on any atom is 0.227 e. The maximum absolute atomic E-state index is 7.84. The molecular formula is C38H36N4O. The zero-order chi connectivity index (χ0) is 32.3. The molecule has 0 amide bonds. The van der Waals surface area contributed by atoms with Gasteiger partial charge in [0.25, 0.3) is 0 Å². The summed E-state index contributed by atoms with van der Waals surface area (Å²) in [4.78, 5) is 14.3. The lowest BCUT2D eigenvalue weighted by Gasteiger charge is -2.23. The van der Waals surface area contributed by atoms with E-state index in [9.17, 15) is 0 Å². The van der Waals surface area contributed by atoms with E-state index < -0.39 is 6.85 Å². The van der Waals surface area contributed by atoms with E-state index >= 15 is 0 Å². The van der Waals surface area contributed by atoms with Crippen LogP contribution in [0.3, 0.4) is 0 Å². The molecule has 0 bridgehead atoms. The van der Waals surface area contributed by atoms with Gasteiger partial charge in [-0.15, -0.1) is 0 Å². The molecule has 214 valence electrons. The molecule has 0 aliphatic rings. The summed E-state index contributed by atoms with van der Waals surface area (Å²) in [6.07, 6.45) is 1.81. The summed E-state index contributed by atoms with van der Waals surface area (Å²) in [7, 11) is 0. The molecule has 0 radical (unpaired) electrons. The fraction of sp³-hybridized carbons (Fsp3) is 0.237. The summed E-state index contributed by atoms with van der Waals surface area (Å²) < 4.78 is 32.0. The number of nitrogens with zero attached hydrogens (tertiary/aromatic N) is 4. The summed E-state index contributed by atoms with van der Waals surface area (Å²) in [5.74, 6) is 1.40. The van der Waals surface area contributed by atoms with E-state index in [2.05, 4.69) is 90.8 Å². The van der Waals surface area contributed by atoms with Crippen molar-refractivity contribution in [1.29, 1.82) is 0 Å².